The molecular weight excluding hydrogens is 302 g/mol. The first kappa shape index (κ1) is 14.1. The minimum absolute atomic E-state index is 0.187. The van der Waals surface area contributed by atoms with E-state index in [4.69, 9.17) is 0 Å². The van der Waals surface area contributed by atoms with E-state index >= 15 is 0 Å². The number of nitrogens with one attached hydrogen (secondary N) is 1. The van der Waals surface area contributed by atoms with Gasteiger partial charge in [-0.2, -0.15) is 5.10 Å². The summed E-state index contributed by atoms with van der Waals surface area (Å²) in [6, 6.07) is 16.7. The third-order valence-electron chi connectivity index (χ3n) is 3.69. The van der Waals surface area contributed by atoms with Gasteiger partial charge in [0.05, 0.1) is 16.8 Å². The molecule has 0 aliphatic carbocycles. The molecule has 0 atom stereocenters. The van der Waals surface area contributed by atoms with Gasteiger partial charge in [0, 0.05) is 17.3 Å². The molecule has 0 aliphatic rings. The second-order valence-corrected chi connectivity index (χ2v) is 5.22. The Morgan fingerprint density at radius 1 is 1.00 bits per heavy atom. The number of pyridine rings is 1. The van der Waals surface area contributed by atoms with Crippen LogP contribution >= 0.6 is 0 Å². The zero-order valence-electron chi connectivity index (χ0n) is 12.6. The van der Waals surface area contributed by atoms with Crippen molar-refractivity contribution in [1.29, 1.82) is 0 Å². The molecule has 116 valence electrons. The highest BCUT2D eigenvalue weighted by molar-refractivity contribution is 6.11. The number of hydrogen-bond acceptors (Lipinski definition) is 4. The lowest BCUT2D eigenvalue weighted by Crippen LogP contribution is -2.12. The Hall–Kier alpha value is -3.54. The Kier molecular flexibility index (Phi) is 3.47. The number of para-hydroxylation sites is 1. The summed E-state index contributed by atoms with van der Waals surface area (Å²) >= 11 is 0. The molecule has 0 radical (unpaired) electrons. The highest BCUT2D eigenvalue weighted by atomic mass is 16.1. The van der Waals surface area contributed by atoms with Crippen LogP contribution in [-0.2, 0) is 0 Å². The van der Waals surface area contributed by atoms with Crippen LogP contribution in [0.15, 0.2) is 73.4 Å². The zero-order chi connectivity index (χ0) is 16.4. The van der Waals surface area contributed by atoms with Crippen LogP contribution in [0.4, 0.5) is 5.69 Å². The van der Waals surface area contributed by atoms with E-state index in [9.17, 15) is 4.79 Å². The topological polar surface area (TPSA) is 72.7 Å². The van der Waals surface area contributed by atoms with Crippen LogP contribution < -0.4 is 5.32 Å². The van der Waals surface area contributed by atoms with E-state index in [1.165, 1.54) is 6.33 Å². The summed E-state index contributed by atoms with van der Waals surface area (Å²) in [5.74, 6) is -0.187. The van der Waals surface area contributed by atoms with E-state index < -0.39 is 0 Å². The van der Waals surface area contributed by atoms with E-state index in [-0.39, 0.29) is 5.91 Å². The first-order chi connectivity index (χ1) is 11.8. The number of amides is 1. The number of rotatable bonds is 3. The van der Waals surface area contributed by atoms with Gasteiger partial charge in [-0.05, 0) is 36.4 Å². The minimum Gasteiger partial charge on any atom is -0.322 e. The second-order valence-electron chi connectivity index (χ2n) is 5.22. The largest absolute Gasteiger partial charge is 0.322 e. The fraction of sp³-hybridized carbons (Fsp3) is 0. The van der Waals surface area contributed by atoms with Crippen molar-refractivity contribution in [3.8, 4) is 5.69 Å². The van der Waals surface area contributed by atoms with Crippen LogP contribution in [0.25, 0.3) is 16.6 Å². The summed E-state index contributed by atoms with van der Waals surface area (Å²) in [7, 11) is 0. The lowest BCUT2D eigenvalue weighted by Gasteiger charge is -2.08. The molecular formula is C18H13N5O. The standard InChI is InChI=1S/C18H13N5O/c24-18(16-5-1-3-13-4-2-10-20-17(13)16)22-14-6-8-15(9-7-14)23-12-19-11-21-23/h1-12H,(H,22,24). The first-order valence-corrected chi connectivity index (χ1v) is 7.41. The third-order valence-corrected chi connectivity index (χ3v) is 3.69. The predicted octanol–water partition coefficient (Wildman–Crippen LogP) is 3.07. The van der Waals surface area contributed by atoms with Gasteiger partial charge in [0.1, 0.15) is 12.7 Å². The summed E-state index contributed by atoms with van der Waals surface area (Å²) in [5.41, 5.74) is 2.82. The van der Waals surface area contributed by atoms with Gasteiger partial charge in [-0.25, -0.2) is 9.67 Å². The molecule has 2 heterocycles. The van der Waals surface area contributed by atoms with Gasteiger partial charge >= 0.3 is 0 Å². The average Bonchev–Trinajstić information content (AvgIpc) is 3.16. The van der Waals surface area contributed by atoms with Crippen molar-refractivity contribution in [1.82, 2.24) is 19.7 Å². The van der Waals surface area contributed by atoms with E-state index in [1.54, 1.807) is 23.3 Å². The molecule has 0 saturated heterocycles. The molecule has 24 heavy (non-hydrogen) atoms. The SMILES string of the molecule is O=C(Nc1ccc(-n2cncn2)cc1)c1cccc2cccnc12. The Labute approximate surface area is 137 Å². The molecule has 4 rings (SSSR count). The third kappa shape index (κ3) is 2.61. The maximum atomic E-state index is 12.6. The van der Waals surface area contributed by atoms with E-state index in [2.05, 4.69) is 20.4 Å². The molecule has 0 saturated carbocycles. The number of hydrogen-bond donors (Lipinski definition) is 1. The normalized spacial score (nSPS) is 10.7. The van der Waals surface area contributed by atoms with Crippen molar-refractivity contribution in [2.45, 2.75) is 0 Å². The quantitative estimate of drug-likeness (QED) is 0.630. The van der Waals surface area contributed by atoms with Gasteiger partial charge in [0.25, 0.3) is 5.91 Å². The molecule has 2 aromatic carbocycles. The summed E-state index contributed by atoms with van der Waals surface area (Å²) in [4.78, 5) is 20.8. The molecule has 0 spiro atoms. The Morgan fingerprint density at radius 2 is 1.83 bits per heavy atom. The molecule has 6 heteroatoms. The number of fused-ring (bicyclic) bond motifs is 1. The zero-order valence-corrected chi connectivity index (χ0v) is 12.6. The molecule has 0 unspecified atom stereocenters. The van der Waals surface area contributed by atoms with Gasteiger partial charge < -0.3 is 5.32 Å². The van der Waals surface area contributed by atoms with Gasteiger partial charge in [0.15, 0.2) is 0 Å². The highest BCUT2D eigenvalue weighted by Crippen LogP contribution is 2.18. The highest BCUT2D eigenvalue weighted by Gasteiger charge is 2.11. The van der Waals surface area contributed by atoms with E-state index in [0.29, 0.717) is 16.8 Å². The smallest absolute Gasteiger partial charge is 0.257 e. The molecule has 0 aliphatic heterocycles. The van der Waals surface area contributed by atoms with Crippen LogP contribution in [-0.4, -0.2) is 25.7 Å². The maximum Gasteiger partial charge on any atom is 0.257 e. The summed E-state index contributed by atoms with van der Waals surface area (Å²) in [5, 5.41) is 7.90. The lowest BCUT2D eigenvalue weighted by atomic mass is 10.1. The van der Waals surface area contributed by atoms with Gasteiger partial charge in [-0.3, -0.25) is 9.78 Å². The van der Waals surface area contributed by atoms with Crippen molar-refractivity contribution < 1.29 is 4.79 Å². The minimum atomic E-state index is -0.187. The summed E-state index contributed by atoms with van der Waals surface area (Å²) in [6.07, 6.45) is 4.78. The van der Waals surface area contributed by atoms with E-state index in [1.807, 2.05) is 48.5 Å². The van der Waals surface area contributed by atoms with Crippen molar-refractivity contribution >= 4 is 22.5 Å². The summed E-state index contributed by atoms with van der Waals surface area (Å²) < 4.78 is 1.65. The van der Waals surface area contributed by atoms with Crippen LogP contribution in [0.3, 0.4) is 0 Å². The molecule has 0 bridgehead atoms. The van der Waals surface area contributed by atoms with Crippen LogP contribution in [0.2, 0.25) is 0 Å². The van der Waals surface area contributed by atoms with Crippen LogP contribution in [0.5, 0.6) is 0 Å². The molecule has 2 aromatic heterocycles. The van der Waals surface area contributed by atoms with Gasteiger partial charge in [-0.1, -0.05) is 18.2 Å². The monoisotopic (exact) mass is 315 g/mol. The molecule has 4 aromatic rings. The Bertz CT molecular complexity index is 988. The number of carbonyl (C=O) groups excluding carboxylic acids is 1. The van der Waals surface area contributed by atoms with Crippen LogP contribution in [0, 0.1) is 0 Å². The van der Waals surface area contributed by atoms with E-state index in [0.717, 1.165) is 11.1 Å². The Balaban J connectivity index is 1.59. The molecule has 0 fully saturated rings. The van der Waals surface area contributed by atoms with Gasteiger partial charge in [-0.15, -0.1) is 0 Å². The van der Waals surface area contributed by atoms with Crippen molar-refractivity contribution in [2.75, 3.05) is 5.32 Å². The maximum absolute atomic E-state index is 12.6. The fourth-order valence-corrected chi connectivity index (χ4v) is 2.52. The van der Waals surface area contributed by atoms with Crippen LogP contribution in [0.1, 0.15) is 10.4 Å². The predicted molar refractivity (Wildman–Crippen MR) is 91.1 cm³/mol. The molecule has 1 amide bonds. The number of carbonyl (C=O) groups is 1. The molecule has 6 nitrogen and oxygen atoms in total. The number of benzene rings is 2. The number of aromatic nitrogens is 4. The van der Waals surface area contributed by atoms with Crippen molar-refractivity contribution in [2.24, 2.45) is 0 Å². The number of anilines is 1. The number of nitrogens with zero attached hydrogens (tertiary/aromatic N) is 4. The Morgan fingerprint density at radius 3 is 2.62 bits per heavy atom. The van der Waals surface area contributed by atoms with Crippen molar-refractivity contribution in [3.63, 3.8) is 0 Å². The lowest BCUT2D eigenvalue weighted by molar-refractivity contribution is 0.102. The molecule has 1 N–H and O–H groups in total. The average molecular weight is 315 g/mol. The summed E-state index contributed by atoms with van der Waals surface area (Å²) in [6.45, 7) is 0. The fourth-order valence-electron chi connectivity index (χ4n) is 2.52. The van der Waals surface area contributed by atoms with Crippen molar-refractivity contribution in [3.05, 3.63) is 79.0 Å². The second kappa shape index (κ2) is 5.92. The first-order valence-electron chi connectivity index (χ1n) is 7.41. The van der Waals surface area contributed by atoms with Gasteiger partial charge in [0.2, 0.25) is 0 Å².